The Morgan fingerprint density at radius 1 is 1.24 bits per heavy atom. The van der Waals surface area contributed by atoms with E-state index in [2.05, 4.69) is 6.92 Å². The van der Waals surface area contributed by atoms with Gasteiger partial charge in [-0.25, -0.2) is 0 Å². The van der Waals surface area contributed by atoms with Gasteiger partial charge in [0.1, 0.15) is 0 Å². The molecule has 160 valence electrons. The maximum absolute atomic E-state index is 12.3. The molecule has 0 spiro atoms. The highest BCUT2D eigenvalue weighted by Crippen LogP contribution is 2.60. The van der Waals surface area contributed by atoms with Crippen LogP contribution in [0.4, 0.5) is 5.69 Å². The predicted octanol–water partition coefficient (Wildman–Crippen LogP) is 3.84. The number of benzene rings is 1. The lowest BCUT2D eigenvalue weighted by Crippen LogP contribution is -2.44. The molecule has 6 nitrogen and oxygen atoms in total. The Kier molecular flexibility index (Phi) is 5.28. The molecule has 0 aromatic heterocycles. The molecule has 2 fully saturated rings. The number of fused-ring (bicyclic) bond motifs is 5. The summed E-state index contributed by atoms with van der Waals surface area (Å²) in [4.78, 5) is 12.3. The highest BCUT2D eigenvalue weighted by molar-refractivity contribution is 7.88. The predicted molar refractivity (Wildman–Crippen MR) is 111 cm³/mol. The fourth-order valence-corrected chi connectivity index (χ4v) is 7.12. The highest BCUT2D eigenvalue weighted by atomic mass is 32.2. The van der Waals surface area contributed by atoms with Gasteiger partial charge in [0, 0.05) is 6.42 Å². The largest absolute Gasteiger partial charge is 0.393 e. The number of aliphatic hydroxyl groups excluding tert-OH is 1. The molecule has 29 heavy (non-hydrogen) atoms. The van der Waals surface area contributed by atoms with Gasteiger partial charge in [-0.15, -0.1) is 0 Å². The zero-order valence-electron chi connectivity index (χ0n) is 17.2. The molecule has 2 N–H and O–H groups in total. The Balaban J connectivity index is 1.66. The molecule has 1 aromatic rings. The van der Waals surface area contributed by atoms with Gasteiger partial charge in [-0.05, 0) is 91.4 Å². The highest BCUT2D eigenvalue weighted by Gasteiger charge is 2.54. The summed E-state index contributed by atoms with van der Waals surface area (Å²) in [6, 6.07) is 5.37. The summed E-state index contributed by atoms with van der Waals surface area (Å²) in [7, 11) is -4.66. The van der Waals surface area contributed by atoms with Crippen LogP contribution in [0, 0.1) is 17.3 Å². The van der Waals surface area contributed by atoms with Crippen molar-refractivity contribution in [2.75, 3.05) is 4.31 Å². The van der Waals surface area contributed by atoms with Crippen molar-refractivity contribution in [1.29, 1.82) is 0 Å². The first-order valence-corrected chi connectivity index (χ1v) is 12.2. The first-order valence-electron chi connectivity index (χ1n) is 10.8. The summed E-state index contributed by atoms with van der Waals surface area (Å²) in [5.74, 6) is 0.881. The van der Waals surface area contributed by atoms with Crippen molar-refractivity contribution in [3.05, 3.63) is 29.3 Å². The lowest BCUT2D eigenvalue weighted by Gasteiger charge is -2.50. The zero-order valence-corrected chi connectivity index (χ0v) is 18.0. The van der Waals surface area contributed by atoms with Crippen molar-refractivity contribution >= 4 is 21.9 Å². The summed E-state index contributed by atoms with van der Waals surface area (Å²) < 4.78 is 33.9. The zero-order chi connectivity index (χ0) is 21.0. The summed E-state index contributed by atoms with van der Waals surface area (Å²) in [5, 5.41) is 10.5. The van der Waals surface area contributed by atoms with Crippen LogP contribution < -0.4 is 4.31 Å². The summed E-state index contributed by atoms with van der Waals surface area (Å²) in [5.41, 5.74) is 2.56. The third-order valence-electron chi connectivity index (χ3n) is 7.82. The van der Waals surface area contributed by atoms with Gasteiger partial charge in [0.25, 0.3) is 0 Å². The van der Waals surface area contributed by atoms with E-state index in [4.69, 9.17) is 0 Å². The number of carbonyl (C=O) groups is 1. The number of rotatable bonds is 4. The van der Waals surface area contributed by atoms with Gasteiger partial charge >= 0.3 is 10.3 Å². The lowest BCUT2D eigenvalue weighted by molar-refractivity contribution is -0.117. The van der Waals surface area contributed by atoms with Crippen molar-refractivity contribution in [2.24, 2.45) is 17.3 Å². The molecule has 3 aliphatic rings. The van der Waals surface area contributed by atoms with Crippen LogP contribution in [0.5, 0.6) is 0 Å². The van der Waals surface area contributed by atoms with Crippen LogP contribution in [0.25, 0.3) is 0 Å². The molecular formula is C22H31NO5S. The molecule has 5 atom stereocenters. The molecule has 0 unspecified atom stereocenters. The van der Waals surface area contributed by atoms with Crippen molar-refractivity contribution in [3.8, 4) is 0 Å². The van der Waals surface area contributed by atoms with E-state index < -0.39 is 16.2 Å². The molecule has 0 radical (unpaired) electrons. The molecule has 0 saturated heterocycles. The summed E-state index contributed by atoms with van der Waals surface area (Å²) in [6.07, 6.45) is 6.20. The van der Waals surface area contributed by atoms with E-state index in [0.717, 1.165) is 44.1 Å². The Bertz CT molecular complexity index is 914. The summed E-state index contributed by atoms with van der Waals surface area (Å²) >= 11 is 0. The van der Waals surface area contributed by atoms with Gasteiger partial charge in [-0.3, -0.25) is 9.35 Å². The van der Waals surface area contributed by atoms with Crippen LogP contribution in [0.3, 0.4) is 0 Å². The maximum Gasteiger partial charge on any atom is 0.366 e. The number of hydrogen-bond donors (Lipinski definition) is 2. The Labute approximate surface area is 173 Å². The van der Waals surface area contributed by atoms with Crippen LogP contribution >= 0.6 is 0 Å². The number of amides is 1. The molecule has 2 saturated carbocycles. The van der Waals surface area contributed by atoms with Gasteiger partial charge in [0.05, 0.1) is 11.8 Å². The normalized spacial score (nSPS) is 33.5. The first-order chi connectivity index (χ1) is 13.7. The van der Waals surface area contributed by atoms with E-state index in [-0.39, 0.29) is 23.6 Å². The van der Waals surface area contributed by atoms with Crippen molar-refractivity contribution in [1.82, 2.24) is 0 Å². The number of carbonyl (C=O) groups excluding carboxylic acids is 1. The minimum Gasteiger partial charge on any atom is -0.393 e. The average molecular weight is 422 g/mol. The van der Waals surface area contributed by atoms with Crippen LogP contribution in [0.2, 0.25) is 0 Å². The summed E-state index contributed by atoms with van der Waals surface area (Å²) in [6.45, 7) is 4.04. The van der Waals surface area contributed by atoms with Crippen molar-refractivity contribution in [2.45, 2.75) is 77.2 Å². The number of nitrogens with zero attached hydrogens (tertiary/aromatic N) is 1. The molecule has 0 heterocycles. The molecule has 0 aliphatic heterocycles. The topological polar surface area (TPSA) is 94.9 Å². The second-order valence-corrected chi connectivity index (χ2v) is 10.6. The lowest BCUT2D eigenvalue weighted by atomic mass is 9.55. The molecular weight excluding hydrogens is 390 g/mol. The van der Waals surface area contributed by atoms with Gasteiger partial charge in [0.2, 0.25) is 5.91 Å². The van der Waals surface area contributed by atoms with Crippen LogP contribution in [0.1, 0.15) is 75.8 Å². The van der Waals surface area contributed by atoms with E-state index in [1.807, 2.05) is 6.07 Å². The molecule has 7 heteroatoms. The monoisotopic (exact) mass is 421 g/mol. The van der Waals surface area contributed by atoms with Crippen LogP contribution in [-0.4, -0.2) is 30.1 Å². The van der Waals surface area contributed by atoms with Gasteiger partial charge in [-0.2, -0.15) is 12.7 Å². The third kappa shape index (κ3) is 3.41. The molecule has 3 aliphatic carbocycles. The Hall–Kier alpha value is -1.44. The minimum atomic E-state index is -4.66. The standard InChI is InChI=1S/C22H31NO5S/c1-3-4-21(25)23(29(26,27)28)15-6-8-16-14(13-15)5-7-18-17(16)11-12-22(2)19(18)9-10-20(22)24/h6,8,13,17-20,24H,3-5,7,9-12H2,1-2H3,(H,26,27,28)/t17-,18-,19+,20+,22+/m1/s1. The van der Waals surface area contributed by atoms with Crippen LogP contribution in [0.15, 0.2) is 18.2 Å². The number of anilines is 1. The van der Waals surface area contributed by atoms with Gasteiger partial charge in [-0.1, -0.05) is 19.9 Å². The van der Waals surface area contributed by atoms with Crippen LogP contribution in [-0.2, 0) is 21.5 Å². The fourth-order valence-electron chi connectivity index (χ4n) is 6.39. The van der Waals surface area contributed by atoms with E-state index >= 15 is 0 Å². The third-order valence-corrected chi connectivity index (χ3v) is 8.69. The molecule has 1 aromatic carbocycles. The molecule has 1 amide bonds. The molecule has 0 bridgehead atoms. The number of aryl methyl sites for hydroxylation is 1. The number of aliphatic hydroxyl groups is 1. The van der Waals surface area contributed by atoms with E-state index in [9.17, 15) is 22.9 Å². The Morgan fingerprint density at radius 2 is 2.00 bits per heavy atom. The SMILES string of the molecule is CCCC(=O)N(c1ccc2c(c1)CC[C@@H]1[C@@H]2CC[C@]2(C)[C@@H](O)CC[C@@H]12)S(=O)(=O)O. The maximum atomic E-state index is 12.3. The van der Waals surface area contributed by atoms with E-state index in [1.54, 1.807) is 19.1 Å². The Morgan fingerprint density at radius 3 is 2.69 bits per heavy atom. The van der Waals surface area contributed by atoms with E-state index in [1.165, 1.54) is 5.56 Å². The van der Waals surface area contributed by atoms with Gasteiger partial charge in [0.15, 0.2) is 0 Å². The van der Waals surface area contributed by atoms with E-state index in [0.29, 0.717) is 28.5 Å². The second-order valence-electron chi connectivity index (χ2n) is 9.32. The smallest absolute Gasteiger partial charge is 0.366 e. The minimum absolute atomic E-state index is 0.0208. The quantitative estimate of drug-likeness (QED) is 0.720. The van der Waals surface area contributed by atoms with Crippen molar-refractivity contribution < 1.29 is 22.9 Å². The first kappa shape index (κ1) is 20.8. The molecule has 4 rings (SSSR count). The average Bonchev–Trinajstić information content (AvgIpc) is 2.95. The fraction of sp³-hybridized carbons (Fsp3) is 0.682. The second kappa shape index (κ2) is 7.36. The van der Waals surface area contributed by atoms with Gasteiger partial charge < -0.3 is 5.11 Å². The number of hydrogen-bond acceptors (Lipinski definition) is 4. The van der Waals surface area contributed by atoms with Crippen molar-refractivity contribution in [3.63, 3.8) is 0 Å².